The van der Waals surface area contributed by atoms with Crippen LogP contribution in [0.3, 0.4) is 0 Å². The smallest absolute Gasteiger partial charge is 0.0540 e. The van der Waals surface area contributed by atoms with Crippen molar-refractivity contribution >= 4 is 27.8 Å². The van der Waals surface area contributed by atoms with E-state index in [1.165, 1.54) is 55.3 Å². The van der Waals surface area contributed by atoms with Gasteiger partial charge in [-0.2, -0.15) is 0 Å². The molecule has 0 saturated heterocycles. The van der Waals surface area contributed by atoms with Crippen molar-refractivity contribution in [1.29, 1.82) is 0 Å². The summed E-state index contributed by atoms with van der Waals surface area (Å²) in [5.74, 6) is 0. The fraction of sp³-hybridized carbons (Fsp3) is 0. The van der Waals surface area contributed by atoms with Crippen molar-refractivity contribution in [3.63, 3.8) is 0 Å². The van der Waals surface area contributed by atoms with E-state index in [2.05, 4.69) is 205 Å². The van der Waals surface area contributed by atoms with Gasteiger partial charge in [-0.3, -0.25) is 0 Å². The lowest BCUT2D eigenvalue weighted by Crippen LogP contribution is -2.11. The largest absolute Gasteiger partial charge is 0.310 e. The van der Waals surface area contributed by atoms with Gasteiger partial charge in [0.05, 0.1) is 5.69 Å². The van der Waals surface area contributed by atoms with Gasteiger partial charge in [-0.1, -0.05) is 158 Å². The van der Waals surface area contributed by atoms with Gasteiger partial charge in [0.25, 0.3) is 0 Å². The molecule has 222 valence electrons. The molecule has 0 atom stereocenters. The van der Waals surface area contributed by atoms with Crippen LogP contribution in [0.4, 0.5) is 17.1 Å². The maximum Gasteiger partial charge on any atom is 0.0540 e. The highest BCUT2D eigenvalue weighted by Crippen LogP contribution is 2.42. The highest BCUT2D eigenvalue weighted by molar-refractivity contribution is 5.97. The third-order valence-corrected chi connectivity index (χ3v) is 8.84. The van der Waals surface area contributed by atoms with Crippen LogP contribution < -0.4 is 4.90 Å². The fourth-order valence-corrected chi connectivity index (χ4v) is 6.58. The second-order valence-corrected chi connectivity index (χ2v) is 11.8. The van der Waals surface area contributed by atoms with E-state index in [1.807, 2.05) is 0 Å². The van der Waals surface area contributed by atoms with Gasteiger partial charge in [0.15, 0.2) is 0 Å². The first-order valence-electron chi connectivity index (χ1n) is 16.1. The van der Waals surface area contributed by atoms with E-state index in [0.717, 1.165) is 17.1 Å². The number of benzene rings is 8. The molecule has 0 fully saturated rings. The summed E-state index contributed by atoms with van der Waals surface area (Å²) in [5.41, 5.74) is 13.0. The monoisotopic (exact) mass is 599 g/mol. The fourth-order valence-electron chi connectivity index (χ4n) is 6.58. The Balaban J connectivity index is 1.24. The summed E-state index contributed by atoms with van der Waals surface area (Å²) in [6, 6.07) is 71.8. The van der Waals surface area contributed by atoms with Gasteiger partial charge in [-0.05, 0) is 92.2 Å². The second-order valence-electron chi connectivity index (χ2n) is 11.8. The number of hydrogen-bond donors (Lipinski definition) is 0. The van der Waals surface area contributed by atoms with Crippen molar-refractivity contribution < 1.29 is 0 Å². The maximum absolute atomic E-state index is 2.38. The summed E-state index contributed by atoms with van der Waals surface area (Å²) in [7, 11) is 0. The molecule has 8 rings (SSSR count). The Morgan fingerprint density at radius 1 is 0.277 bits per heavy atom. The Morgan fingerprint density at radius 2 is 0.745 bits per heavy atom. The van der Waals surface area contributed by atoms with Crippen LogP contribution in [0.5, 0.6) is 0 Å². The van der Waals surface area contributed by atoms with E-state index >= 15 is 0 Å². The average molecular weight is 600 g/mol. The molecule has 0 N–H and O–H groups in total. The summed E-state index contributed by atoms with van der Waals surface area (Å²) in [5, 5.41) is 2.52. The van der Waals surface area contributed by atoms with Crippen molar-refractivity contribution in [2.45, 2.75) is 0 Å². The normalized spacial score (nSPS) is 11.0. The molecule has 0 saturated carbocycles. The third kappa shape index (κ3) is 5.72. The summed E-state index contributed by atoms with van der Waals surface area (Å²) < 4.78 is 0. The highest BCUT2D eigenvalue weighted by atomic mass is 15.1. The molecule has 1 heteroatoms. The molecule has 0 unspecified atom stereocenters. The zero-order valence-corrected chi connectivity index (χ0v) is 26.0. The van der Waals surface area contributed by atoms with E-state index in [9.17, 15) is 0 Å². The second kappa shape index (κ2) is 12.7. The van der Waals surface area contributed by atoms with E-state index in [0.29, 0.717) is 0 Å². The number of anilines is 3. The topological polar surface area (TPSA) is 3.24 Å². The van der Waals surface area contributed by atoms with Gasteiger partial charge in [-0.25, -0.2) is 0 Å². The number of para-hydroxylation sites is 2. The molecule has 8 aromatic carbocycles. The van der Waals surface area contributed by atoms with Crippen LogP contribution >= 0.6 is 0 Å². The highest BCUT2D eigenvalue weighted by Gasteiger charge is 2.18. The summed E-state index contributed by atoms with van der Waals surface area (Å²) in [4.78, 5) is 2.38. The van der Waals surface area contributed by atoms with Crippen LogP contribution in [0.1, 0.15) is 0 Å². The summed E-state index contributed by atoms with van der Waals surface area (Å²) in [6.07, 6.45) is 0. The van der Waals surface area contributed by atoms with Gasteiger partial charge < -0.3 is 4.90 Å². The zero-order chi connectivity index (χ0) is 31.4. The molecule has 47 heavy (non-hydrogen) atoms. The Morgan fingerprint density at radius 3 is 1.53 bits per heavy atom. The van der Waals surface area contributed by atoms with Gasteiger partial charge >= 0.3 is 0 Å². The molecule has 0 spiro atoms. The molecule has 0 radical (unpaired) electrons. The van der Waals surface area contributed by atoms with Crippen LogP contribution in [0.15, 0.2) is 200 Å². The van der Waals surface area contributed by atoms with Crippen molar-refractivity contribution in [3.8, 4) is 44.5 Å². The Hall–Kier alpha value is -6.18. The maximum atomic E-state index is 2.38. The first-order chi connectivity index (χ1) is 23.3. The Labute approximate surface area is 276 Å². The van der Waals surface area contributed by atoms with Crippen molar-refractivity contribution in [3.05, 3.63) is 200 Å². The van der Waals surface area contributed by atoms with E-state index in [-0.39, 0.29) is 0 Å². The molecule has 0 aliphatic rings. The predicted octanol–water partition coefficient (Wildman–Crippen LogP) is 13.0. The first kappa shape index (κ1) is 28.3. The number of fused-ring (bicyclic) bond motifs is 1. The van der Waals surface area contributed by atoms with Crippen LogP contribution in [-0.4, -0.2) is 0 Å². The van der Waals surface area contributed by atoms with E-state index in [1.54, 1.807) is 0 Å². The molecular formula is C46H33N. The molecular weight excluding hydrogens is 567 g/mol. The minimum absolute atomic E-state index is 1.11. The van der Waals surface area contributed by atoms with E-state index < -0.39 is 0 Å². The number of hydrogen-bond acceptors (Lipinski definition) is 1. The van der Waals surface area contributed by atoms with Gasteiger partial charge in [0.1, 0.15) is 0 Å². The lowest BCUT2D eigenvalue weighted by Gasteiger charge is -2.28. The number of rotatable bonds is 7. The lowest BCUT2D eigenvalue weighted by molar-refractivity contribution is 1.28. The van der Waals surface area contributed by atoms with Gasteiger partial charge in [0.2, 0.25) is 0 Å². The molecule has 0 aromatic heterocycles. The number of nitrogens with zero attached hydrogens (tertiary/aromatic N) is 1. The van der Waals surface area contributed by atoms with Gasteiger partial charge in [-0.15, -0.1) is 0 Å². The van der Waals surface area contributed by atoms with Crippen LogP contribution in [0, 0.1) is 0 Å². The SMILES string of the molecule is c1ccc(-c2cccc(-c3ccccc3N(c3ccccc3)c3cccc(-c4cccc(-c5cccc6ccccc56)c4)c3)c2)cc1. The quantitative estimate of drug-likeness (QED) is 0.176. The molecule has 0 amide bonds. The van der Waals surface area contributed by atoms with Crippen LogP contribution in [0.2, 0.25) is 0 Å². The molecule has 0 aliphatic heterocycles. The standard InChI is InChI=1S/C46H33N/c1-3-15-34(16-4-1)36-19-11-23-40(31-36)45-28-9-10-30-46(45)47(41-24-5-2-6-25-41)42-26-13-21-38(33-42)37-20-12-22-39(32-37)44-29-14-18-35-17-7-8-27-43(35)44/h1-33H. The third-order valence-electron chi connectivity index (χ3n) is 8.84. The zero-order valence-electron chi connectivity index (χ0n) is 26.0. The van der Waals surface area contributed by atoms with Crippen LogP contribution in [0.25, 0.3) is 55.3 Å². The Kier molecular flexibility index (Phi) is 7.63. The van der Waals surface area contributed by atoms with Gasteiger partial charge in [0, 0.05) is 16.9 Å². The Bertz CT molecular complexity index is 2300. The average Bonchev–Trinajstić information content (AvgIpc) is 3.16. The summed E-state index contributed by atoms with van der Waals surface area (Å²) in [6.45, 7) is 0. The molecule has 8 aromatic rings. The first-order valence-corrected chi connectivity index (χ1v) is 16.1. The van der Waals surface area contributed by atoms with E-state index in [4.69, 9.17) is 0 Å². The minimum atomic E-state index is 1.11. The lowest BCUT2D eigenvalue weighted by atomic mass is 9.95. The summed E-state index contributed by atoms with van der Waals surface area (Å²) >= 11 is 0. The molecule has 0 aliphatic carbocycles. The van der Waals surface area contributed by atoms with Crippen LogP contribution in [-0.2, 0) is 0 Å². The molecule has 0 bridgehead atoms. The van der Waals surface area contributed by atoms with Crippen molar-refractivity contribution in [2.75, 3.05) is 4.90 Å². The van der Waals surface area contributed by atoms with Crippen molar-refractivity contribution in [2.24, 2.45) is 0 Å². The molecule has 0 heterocycles. The van der Waals surface area contributed by atoms with Crippen molar-refractivity contribution in [1.82, 2.24) is 0 Å². The predicted molar refractivity (Wildman–Crippen MR) is 200 cm³/mol. The minimum Gasteiger partial charge on any atom is -0.310 e. The molecule has 1 nitrogen and oxygen atoms in total.